The number of rotatable bonds is 4. The van der Waals surface area contributed by atoms with Crippen molar-refractivity contribution in [3.05, 3.63) is 90.5 Å². The number of carbonyl (C=O) groups is 1. The van der Waals surface area contributed by atoms with Gasteiger partial charge in [0.15, 0.2) is 5.11 Å². The Kier molecular flexibility index (Phi) is 5.74. The fourth-order valence-electron chi connectivity index (χ4n) is 2.74. The van der Waals surface area contributed by atoms with E-state index < -0.39 is 0 Å². The Balaban J connectivity index is 1.36. The van der Waals surface area contributed by atoms with E-state index in [0.717, 1.165) is 32.0 Å². The molecule has 1 amide bonds. The molecule has 4 aromatic rings. The molecule has 6 heteroatoms. The highest BCUT2D eigenvalue weighted by Gasteiger charge is 2.07. The quantitative estimate of drug-likeness (QED) is 0.342. The van der Waals surface area contributed by atoms with Gasteiger partial charge in [-0.25, -0.2) is 4.98 Å². The SMILES string of the molecule is O=C(/C=C/c1ccccc1)NC(=S)Nc1ccc(-c2nc3ccccc3s2)cc1. The first-order valence-electron chi connectivity index (χ1n) is 8.98. The monoisotopic (exact) mass is 415 g/mol. The molecule has 0 saturated carbocycles. The van der Waals surface area contributed by atoms with Crippen LogP contribution in [0.4, 0.5) is 5.69 Å². The summed E-state index contributed by atoms with van der Waals surface area (Å²) in [6, 6.07) is 25.5. The molecule has 0 fully saturated rings. The molecule has 0 aliphatic rings. The molecule has 0 atom stereocenters. The van der Waals surface area contributed by atoms with Crippen molar-refractivity contribution in [2.75, 3.05) is 5.32 Å². The summed E-state index contributed by atoms with van der Waals surface area (Å²) >= 11 is 6.89. The van der Waals surface area contributed by atoms with Crippen LogP contribution in [0.15, 0.2) is 84.9 Å². The van der Waals surface area contributed by atoms with Crippen molar-refractivity contribution >= 4 is 56.6 Å². The van der Waals surface area contributed by atoms with Gasteiger partial charge in [0, 0.05) is 17.3 Å². The smallest absolute Gasteiger partial charge is 0.250 e. The van der Waals surface area contributed by atoms with E-state index >= 15 is 0 Å². The highest BCUT2D eigenvalue weighted by atomic mass is 32.1. The van der Waals surface area contributed by atoms with Crippen molar-refractivity contribution in [1.29, 1.82) is 0 Å². The topological polar surface area (TPSA) is 54.0 Å². The number of benzene rings is 3. The van der Waals surface area contributed by atoms with Gasteiger partial charge in [-0.05, 0) is 60.3 Å². The first kappa shape index (κ1) is 19.0. The molecular weight excluding hydrogens is 398 g/mol. The van der Waals surface area contributed by atoms with Crippen LogP contribution in [-0.2, 0) is 4.79 Å². The number of anilines is 1. The number of fused-ring (bicyclic) bond motifs is 1. The molecule has 1 heterocycles. The highest BCUT2D eigenvalue weighted by Crippen LogP contribution is 2.30. The summed E-state index contributed by atoms with van der Waals surface area (Å²) in [6.45, 7) is 0. The van der Waals surface area contributed by atoms with E-state index in [-0.39, 0.29) is 11.0 Å². The second-order valence-electron chi connectivity index (χ2n) is 6.25. The van der Waals surface area contributed by atoms with Gasteiger partial charge < -0.3 is 5.32 Å². The lowest BCUT2D eigenvalue weighted by atomic mass is 10.2. The molecule has 0 bridgehead atoms. The third kappa shape index (κ3) is 4.93. The number of hydrogen-bond donors (Lipinski definition) is 2. The van der Waals surface area contributed by atoms with Crippen molar-refractivity contribution in [2.24, 2.45) is 0 Å². The fourth-order valence-corrected chi connectivity index (χ4v) is 3.93. The number of carbonyl (C=O) groups excluding carboxylic acids is 1. The van der Waals surface area contributed by atoms with Crippen LogP contribution >= 0.6 is 23.6 Å². The lowest BCUT2D eigenvalue weighted by Crippen LogP contribution is -2.32. The molecule has 4 rings (SSSR count). The zero-order valence-corrected chi connectivity index (χ0v) is 17.0. The second kappa shape index (κ2) is 8.77. The largest absolute Gasteiger partial charge is 0.332 e. The molecule has 3 aromatic carbocycles. The Bertz CT molecular complexity index is 1150. The maximum Gasteiger partial charge on any atom is 0.250 e. The molecule has 2 N–H and O–H groups in total. The van der Waals surface area contributed by atoms with Crippen LogP contribution in [-0.4, -0.2) is 16.0 Å². The van der Waals surface area contributed by atoms with Crippen LogP contribution < -0.4 is 10.6 Å². The minimum absolute atomic E-state index is 0.250. The molecular formula is C23H17N3OS2. The van der Waals surface area contributed by atoms with Gasteiger partial charge in [-0.15, -0.1) is 11.3 Å². The zero-order valence-electron chi connectivity index (χ0n) is 15.3. The van der Waals surface area contributed by atoms with Crippen molar-refractivity contribution in [3.8, 4) is 10.6 Å². The van der Waals surface area contributed by atoms with Crippen molar-refractivity contribution in [1.82, 2.24) is 10.3 Å². The average molecular weight is 416 g/mol. The summed E-state index contributed by atoms with van der Waals surface area (Å²) in [4.78, 5) is 16.7. The molecule has 0 unspecified atom stereocenters. The van der Waals surface area contributed by atoms with Crippen LogP contribution in [0, 0.1) is 0 Å². The van der Waals surface area contributed by atoms with E-state index in [0.29, 0.717) is 0 Å². The number of thiazole rings is 1. The van der Waals surface area contributed by atoms with Crippen LogP contribution in [0.25, 0.3) is 26.9 Å². The number of amides is 1. The third-order valence-electron chi connectivity index (χ3n) is 4.15. The summed E-state index contributed by atoms with van der Waals surface area (Å²) in [5.74, 6) is -0.280. The van der Waals surface area contributed by atoms with Gasteiger partial charge in [0.25, 0.3) is 0 Å². The third-order valence-corrected chi connectivity index (χ3v) is 5.44. The van der Waals surface area contributed by atoms with Crippen LogP contribution in [0.1, 0.15) is 5.56 Å². The number of hydrogen-bond acceptors (Lipinski definition) is 4. The first-order valence-corrected chi connectivity index (χ1v) is 10.2. The lowest BCUT2D eigenvalue weighted by molar-refractivity contribution is -0.115. The standard InChI is InChI=1S/C23H17N3OS2/c27-21(15-10-16-6-2-1-3-7-16)26-23(28)24-18-13-11-17(12-14-18)22-25-19-8-4-5-9-20(19)29-22/h1-15H,(H2,24,26,27,28)/b15-10+. The molecule has 0 radical (unpaired) electrons. The fraction of sp³-hybridized carbons (Fsp3) is 0. The van der Waals surface area contributed by atoms with Gasteiger partial charge in [0.2, 0.25) is 5.91 Å². The number of nitrogens with one attached hydrogen (secondary N) is 2. The van der Waals surface area contributed by atoms with Crippen LogP contribution in [0.2, 0.25) is 0 Å². The Hall–Kier alpha value is -3.35. The summed E-state index contributed by atoms with van der Waals surface area (Å²) < 4.78 is 1.16. The molecule has 29 heavy (non-hydrogen) atoms. The van der Waals surface area contributed by atoms with Gasteiger partial charge >= 0.3 is 0 Å². The number of thiocarbonyl (C=S) groups is 1. The normalized spacial score (nSPS) is 10.9. The molecule has 0 spiro atoms. The summed E-state index contributed by atoms with van der Waals surface area (Å²) in [5.41, 5.74) is 3.79. The van der Waals surface area contributed by atoms with E-state index in [1.54, 1.807) is 17.4 Å². The summed E-state index contributed by atoms with van der Waals surface area (Å²) in [7, 11) is 0. The summed E-state index contributed by atoms with van der Waals surface area (Å²) in [6.07, 6.45) is 3.20. The Morgan fingerprint density at radius 1 is 0.931 bits per heavy atom. The maximum absolute atomic E-state index is 12.0. The molecule has 0 aliphatic carbocycles. The van der Waals surface area contributed by atoms with Gasteiger partial charge in [-0.2, -0.15) is 0 Å². The van der Waals surface area contributed by atoms with Gasteiger partial charge in [-0.1, -0.05) is 42.5 Å². The summed E-state index contributed by atoms with van der Waals surface area (Å²) in [5, 5.41) is 6.89. The van der Waals surface area contributed by atoms with Crippen molar-refractivity contribution in [2.45, 2.75) is 0 Å². The van der Waals surface area contributed by atoms with Crippen molar-refractivity contribution in [3.63, 3.8) is 0 Å². The molecule has 142 valence electrons. The highest BCUT2D eigenvalue weighted by molar-refractivity contribution is 7.80. The minimum Gasteiger partial charge on any atom is -0.332 e. The molecule has 1 aromatic heterocycles. The van der Waals surface area contributed by atoms with E-state index in [4.69, 9.17) is 12.2 Å². The maximum atomic E-state index is 12.0. The number of para-hydroxylation sites is 1. The van der Waals surface area contributed by atoms with Crippen LogP contribution in [0.5, 0.6) is 0 Å². The predicted octanol–water partition coefficient (Wildman–Crippen LogP) is 5.49. The van der Waals surface area contributed by atoms with E-state index in [1.807, 2.05) is 72.8 Å². The Morgan fingerprint density at radius 3 is 2.41 bits per heavy atom. The molecule has 4 nitrogen and oxygen atoms in total. The predicted molar refractivity (Wildman–Crippen MR) is 125 cm³/mol. The lowest BCUT2D eigenvalue weighted by Gasteiger charge is -2.08. The second-order valence-corrected chi connectivity index (χ2v) is 7.69. The number of nitrogens with zero attached hydrogens (tertiary/aromatic N) is 1. The van der Waals surface area contributed by atoms with Crippen molar-refractivity contribution < 1.29 is 4.79 Å². The van der Waals surface area contributed by atoms with Gasteiger partial charge in [0.05, 0.1) is 10.2 Å². The van der Waals surface area contributed by atoms with E-state index in [9.17, 15) is 4.79 Å². The number of aromatic nitrogens is 1. The Labute approximate surface area is 177 Å². The zero-order chi connectivity index (χ0) is 20.1. The minimum atomic E-state index is -0.280. The molecule has 0 aliphatic heterocycles. The first-order chi connectivity index (χ1) is 14.2. The van der Waals surface area contributed by atoms with E-state index in [2.05, 4.69) is 21.7 Å². The van der Waals surface area contributed by atoms with E-state index in [1.165, 1.54) is 6.08 Å². The average Bonchev–Trinajstić information content (AvgIpc) is 3.18. The Morgan fingerprint density at radius 2 is 1.66 bits per heavy atom. The van der Waals surface area contributed by atoms with Gasteiger partial charge in [0.1, 0.15) is 5.01 Å². The molecule has 0 saturated heterocycles. The van der Waals surface area contributed by atoms with Crippen LogP contribution in [0.3, 0.4) is 0 Å². The van der Waals surface area contributed by atoms with Gasteiger partial charge in [-0.3, -0.25) is 10.1 Å².